The van der Waals surface area contributed by atoms with E-state index in [2.05, 4.69) is 15.6 Å². The minimum Gasteiger partial charge on any atom is -0.507 e. The Kier molecular flexibility index (Phi) is 7.25. The first-order valence-corrected chi connectivity index (χ1v) is 11.2. The maximum Gasteiger partial charge on any atom is 0.253 e. The molecule has 2 heterocycles. The fourth-order valence-electron chi connectivity index (χ4n) is 4.15. The van der Waals surface area contributed by atoms with E-state index < -0.39 is 22.9 Å². The van der Waals surface area contributed by atoms with Crippen LogP contribution in [0.3, 0.4) is 0 Å². The average Bonchev–Trinajstić information content (AvgIpc) is 3.30. The van der Waals surface area contributed by atoms with Gasteiger partial charge in [0.15, 0.2) is 23.1 Å². The number of ketones is 2. The van der Waals surface area contributed by atoms with Crippen molar-refractivity contribution in [2.24, 2.45) is 5.92 Å². The smallest absolute Gasteiger partial charge is 0.253 e. The van der Waals surface area contributed by atoms with Gasteiger partial charge in [0.25, 0.3) is 5.91 Å². The summed E-state index contributed by atoms with van der Waals surface area (Å²) >= 11 is 0. The van der Waals surface area contributed by atoms with Crippen molar-refractivity contribution in [2.45, 2.75) is 12.5 Å². The molecule has 0 saturated carbocycles. The lowest BCUT2D eigenvalue weighted by atomic mass is 9.93. The third kappa shape index (κ3) is 5.18. The van der Waals surface area contributed by atoms with Crippen molar-refractivity contribution in [3.63, 3.8) is 0 Å². The fraction of sp³-hybridized carbons (Fsp3) is 0.231. The van der Waals surface area contributed by atoms with Crippen molar-refractivity contribution in [3.05, 3.63) is 93.2 Å². The molecule has 1 aliphatic heterocycles. The van der Waals surface area contributed by atoms with Gasteiger partial charge < -0.3 is 25.5 Å². The number of H-pyrrole nitrogens is 1. The number of ether oxygens (including phenoxy) is 1. The highest BCUT2D eigenvalue weighted by Crippen LogP contribution is 2.30. The van der Waals surface area contributed by atoms with Gasteiger partial charge in [-0.3, -0.25) is 19.2 Å². The molecule has 0 bridgehead atoms. The monoisotopic (exact) mass is 493 g/mol. The molecule has 2 aromatic carbocycles. The van der Waals surface area contributed by atoms with Gasteiger partial charge in [-0.15, -0.1) is 0 Å². The molecule has 1 saturated heterocycles. The first-order chi connectivity index (χ1) is 17.3. The molecule has 36 heavy (non-hydrogen) atoms. The molecule has 2 atom stereocenters. The maximum atomic E-state index is 14.5. The van der Waals surface area contributed by atoms with Crippen LogP contribution in [0.1, 0.15) is 43.1 Å². The van der Waals surface area contributed by atoms with Crippen LogP contribution in [-0.4, -0.2) is 53.8 Å². The number of aromatic nitrogens is 1. The number of rotatable bonds is 8. The fourth-order valence-corrected chi connectivity index (χ4v) is 4.15. The second-order valence-corrected chi connectivity index (χ2v) is 8.45. The van der Waals surface area contributed by atoms with Gasteiger partial charge >= 0.3 is 0 Å². The predicted molar refractivity (Wildman–Crippen MR) is 128 cm³/mol. The topological polar surface area (TPSA) is 138 Å². The van der Waals surface area contributed by atoms with Crippen LogP contribution < -0.4 is 20.9 Å². The van der Waals surface area contributed by atoms with E-state index in [0.717, 1.165) is 0 Å². The zero-order valence-corrected chi connectivity index (χ0v) is 19.3. The molecule has 0 unspecified atom stereocenters. The lowest BCUT2D eigenvalue weighted by molar-refractivity contribution is 0.0902. The Balaban J connectivity index is 1.42. The van der Waals surface area contributed by atoms with E-state index in [0.29, 0.717) is 24.2 Å². The first kappa shape index (κ1) is 24.8. The van der Waals surface area contributed by atoms with Crippen LogP contribution in [0.4, 0.5) is 4.39 Å². The second kappa shape index (κ2) is 10.5. The largest absolute Gasteiger partial charge is 0.507 e. The van der Waals surface area contributed by atoms with E-state index in [1.807, 2.05) is 0 Å². The molecule has 4 rings (SSSR count). The normalized spacial score (nSPS) is 16.9. The highest BCUT2D eigenvalue weighted by Gasteiger charge is 2.31. The number of halogens is 1. The molecule has 186 valence electrons. The minimum atomic E-state index is -0.966. The third-order valence-corrected chi connectivity index (χ3v) is 6.15. The number of hydrogen-bond donors (Lipinski definition) is 4. The Hall–Kier alpha value is -4.31. The van der Waals surface area contributed by atoms with Crippen molar-refractivity contribution in [1.29, 1.82) is 0 Å². The van der Waals surface area contributed by atoms with Crippen LogP contribution in [0.25, 0.3) is 0 Å². The summed E-state index contributed by atoms with van der Waals surface area (Å²) in [7, 11) is 1.25. The van der Waals surface area contributed by atoms with Gasteiger partial charge in [0.1, 0.15) is 11.3 Å². The summed E-state index contributed by atoms with van der Waals surface area (Å²) in [6, 6.07) is 10.5. The summed E-state index contributed by atoms with van der Waals surface area (Å²) in [6.07, 6.45) is 1.49. The number of nitrogens with one attached hydrogen (secondary N) is 3. The molecule has 1 aliphatic rings. The Morgan fingerprint density at radius 2 is 1.72 bits per heavy atom. The van der Waals surface area contributed by atoms with Crippen LogP contribution in [0.15, 0.2) is 59.5 Å². The molecule has 0 aliphatic carbocycles. The lowest BCUT2D eigenvalue weighted by Crippen LogP contribution is -2.41. The molecule has 4 N–H and O–H groups in total. The number of aromatic amines is 1. The number of phenolic OH excluding ortho intramolecular Hbond substituents is 1. The SMILES string of the molecule is COc1ccc(O)c(C(=O)c2ccc(C(=O)C[C@@H]3CNC[C@H]3NC(=O)c3ccc(=O)[nH]c3)cc2)c1F. The Bertz CT molecular complexity index is 1350. The van der Waals surface area contributed by atoms with E-state index in [1.165, 1.54) is 61.8 Å². The van der Waals surface area contributed by atoms with E-state index >= 15 is 0 Å². The molecule has 10 heteroatoms. The van der Waals surface area contributed by atoms with Crippen molar-refractivity contribution >= 4 is 17.5 Å². The second-order valence-electron chi connectivity index (χ2n) is 8.45. The zero-order valence-electron chi connectivity index (χ0n) is 19.3. The summed E-state index contributed by atoms with van der Waals surface area (Å²) in [5.41, 5.74) is -0.0466. The number of pyridine rings is 1. The molecule has 9 nitrogen and oxygen atoms in total. The first-order valence-electron chi connectivity index (χ1n) is 11.2. The molecule has 1 amide bonds. The van der Waals surface area contributed by atoms with Gasteiger partial charge in [0.2, 0.25) is 5.56 Å². The standard InChI is InChI=1S/C26H24FN3O6/c1-36-21-8-7-19(31)23(24(21)27)25(34)15-4-2-14(3-5-15)20(32)10-17-11-28-13-18(17)30-26(35)16-6-9-22(33)29-12-16/h2-9,12,17-18,28,31H,10-11,13H2,1H3,(H,29,33)(H,30,35)/t17-,18-/m1/s1. The highest BCUT2D eigenvalue weighted by atomic mass is 19.1. The van der Waals surface area contributed by atoms with Crippen molar-refractivity contribution < 1.29 is 28.6 Å². The number of hydrogen-bond acceptors (Lipinski definition) is 7. The Morgan fingerprint density at radius 3 is 2.39 bits per heavy atom. The van der Waals surface area contributed by atoms with Gasteiger partial charge in [0.05, 0.1) is 12.7 Å². The number of methoxy groups -OCH3 is 1. The summed E-state index contributed by atoms with van der Waals surface area (Å²) in [6.45, 7) is 1.03. The number of carbonyl (C=O) groups excluding carboxylic acids is 3. The number of aromatic hydroxyl groups is 1. The number of Topliss-reactive ketones (excluding diaryl/α,β-unsaturated/α-hetero) is 1. The summed E-state index contributed by atoms with van der Waals surface area (Å²) in [4.78, 5) is 51.8. The summed E-state index contributed by atoms with van der Waals surface area (Å²) in [5.74, 6) is -3.08. The number of amides is 1. The Morgan fingerprint density at radius 1 is 1.03 bits per heavy atom. The van der Waals surface area contributed by atoms with Crippen LogP contribution in [0.2, 0.25) is 0 Å². The van der Waals surface area contributed by atoms with Crippen molar-refractivity contribution in [1.82, 2.24) is 15.6 Å². The predicted octanol–water partition coefficient (Wildman–Crippen LogP) is 2.05. The zero-order chi connectivity index (χ0) is 25.8. The number of phenols is 1. The van der Waals surface area contributed by atoms with Gasteiger partial charge in [-0.05, 0) is 18.2 Å². The molecule has 0 spiro atoms. The van der Waals surface area contributed by atoms with E-state index in [-0.39, 0.29) is 46.9 Å². The van der Waals surface area contributed by atoms with Crippen LogP contribution in [0.5, 0.6) is 11.5 Å². The Labute approximate surface area is 205 Å². The van der Waals surface area contributed by atoms with Crippen molar-refractivity contribution in [3.8, 4) is 11.5 Å². The maximum absolute atomic E-state index is 14.5. The summed E-state index contributed by atoms with van der Waals surface area (Å²) < 4.78 is 19.4. The molecule has 1 fully saturated rings. The van der Waals surface area contributed by atoms with E-state index in [1.54, 1.807) is 0 Å². The van der Waals surface area contributed by atoms with Crippen molar-refractivity contribution in [2.75, 3.05) is 20.2 Å². The molecule has 3 aromatic rings. The van der Waals surface area contributed by atoms with Crippen LogP contribution in [-0.2, 0) is 0 Å². The van der Waals surface area contributed by atoms with E-state index in [9.17, 15) is 28.7 Å². The lowest BCUT2D eigenvalue weighted by Gasteiger charge is -2.19. The minimum absolute atomic E-state index is 0.0996. The van der Waals surface area contributed by atoms with Gasteiger partial charge in [-0.25, -0.2) is 4.39 Å². The molecule has 1 aromatic heterocycles. The summed E-state index contributed by atoms with van der Waals surface area (Å²) in [5, 5.41) is 16.1. The average molecular weight is 493 g/mol. The van der Waals surface area contributed by atoms with Gasteiger partial charge in [0, 0.05) is 54.9 Å². The van der Waals surface area contributed by atoms with E-state index in [4.69, 9.17) is 4.74 Å². The van der Waals surface area contributed by atoms with Gasteiger partial charge in [-0.2, -0.15) is 0 Å². The molecular weight excluding hydrogens is 469 g/mol. The highest BCUT2D eigenvalue weighted by molar-refractivity contribution is 6.11. The quantitative estimate of drug-likeness (QED) is 0.353. The van der Waals surface area contributed by atoms with Crippen LogP contribution in [0, 0.1) is 11.7 Å². The third-order valence-electron chi connectivity index (χ3n) is 6.15. The number of benzene rings is 2. The molecular formula is C26H24FN3O6. The molecule has 0 radical (unpaired) electrons. The number of carbonyl (C=O) groups is 3. The van der Waals surface area contributed by atoms with Gasteiger partial charge in [-0.1, -0.05) is 24.3 Å². The van der Waals surface area contributed by atoms with Crippen LogP contribution >= 0.6 is 0 Å².